The second-order valence-electron chi connectivity index (χ2n) is 4.05. The van der Waals surface area contributed by atoms with Crippen LogP contribution >= 0.6 is 27.5 Å². The number of benzene rings is 2. The van der Waals surface area contributed by atoms with E-state index in [0.29, 0.717) is 10.7 Å². The van der Waals surface area contributed by atoms with E-state index in [1.807, 2.05) is 13.0 Å². The quantitative estimate of drug-likeness (QED) is 0.853. The minimum absolute atomic E-state index is 0.0608. The first-order valence-corrected chi connectivity index (χ1v) is 6.71. The maximum atomic E-state index is 12.0. The zero-order valence-corrected chi connectivity index (χ0v) is 12.4. The third kappa shape index (κ3) is 3.08. The number of hydrogen-bond donors (Lipinski definition) is 2. The molecule has 0 heterocycles. The average molecular weight is 341 g/mol. The molecule has 0 aliphatic rings. The summed E-state index contributed by atoms with van der Waals surface area (Å²) < 4.78 is 0.734. The lowest BCUT2D eigenvalue weighted by atomic mass is 10.1. The summed E-state index contributed by atoms with van der Waals surface area (Å²) in [6.07, 6.45) is 0. The van der Waals surface area contributed by atoms with E-state index in [-0.39, 0.29) is 11.3 Å². The molecular weight excluding hydrogens is 330 g/mol. The summed E-state index contributed by atoms with van der Waals surface area (Å²) in [4.78, 5) is 12.0. The Bertz CT molecular complexity index is 643. The topological polar surface area (TPSA) is 49.3 Å². The van der Waals surface area contributed by atoms with Crippen molar-refractivity contribution in [1.82, 2.24) is 0 Å². The number of amides is 1. The van der Waals surface area contributed by atoms with Gasteiger partial charge in [0.05, 0.1) is 11.3 Å². The number of hydrogen-bond acceptors (Lipinski definition) is 2. The van der Waals surface area contributed by atoms with Crippen LogP contribution in [0.15, 0.2) is 40.9 Å². The minimum Gasteiger partial charge on any atom is -0.507 e. The van der Waals surface area contributed by atoms with Crippen LogP contribution in [0.2, 0.25) is 5.02 Å². The van der Waals surface area contributed by atoms with E-state index in [2.05, 4.69) is 21.2 Å². The van der Waals surface area contributed by atoms with Crippen LogP contribution in [0.1, 0.15) is 15.9 Å². The van der Waals surface area contributed by atoms with E-state index >= 15 is 0 Å². The van der Waals surface area contributed by atoms with Gasteiger partial charge in [0.15, 0.2) is 0 Å². The molecule has 0 aliphatic heterocycles. The van der Waals surface area contributed by atoms with Crippen LogP contribution in [0.5, 0.6) is 5.75 Å². The third-order valence-electron chi connectivity index (χ3n) is 2.65. The number of nitrogens with one attached hydrogen (secondary N) is 1. The molecule has 0 radical (unpaired) electrons. The molecule has 0 spiro atoms. The molecule has 2 rings (SSSR count). The summed E-state index contributed by atoms with van der Waals surface area (Å²) in [5.74, 6) is -0.451. The van der Waals surface area contributed by atoms with E-state index in [0.717, 1.165) is 10.0 Å². The van der Waals surface area contributed by atoms with Crippen molar-refractivity contribution >= 4 is 39.1 Å². The van der Waals surface area contributed by atoms with Gasteiger partial charge in [-0.1, -0.05) is 23.7 Å². The molecule has 19 heavy (non-hydrogen) atoms. The molecule has 0 saturated carbocycles. The highest BCUT2D eigenvalue weighted by Crippen LogP contribution is 2.30. The number of para-hydroxylation sites is 1. The number of carbonyl (C=O) groups is 1. The molecule has 1 amide bonds. The van der Waals surface area contributed by atoms with Crippen molar-refractivity contribution in [2.45, 2.75) is 6.92 Å². The Kier molecular flexibility index (Phi) is 4.12. The van der Waals surface area contributed by atoms with Gasteiger partial charge in [0, 0.05) is 9.50 Å². The van der Waals surface area contributed by atoms with Gasteiger partial charge in [0.25, 0.3) is 5.91 Å². The SMILES string of the molecule is Cc1cc(Br)c(NC(=O)c2ccccc2O)cc1Cl. The Hall–Kier alpha value is -1.52. The van der Waals surface area contributed by atoms with Gasteiger partial charge < -0.3 is 10.4 Å². The largest absolute Gasteiger partial charge is 0.507 e. The molecule has 2 aromatic carbocycles. The van der Waals surface area contributed by atoms with Crippen molar-refractivity contribution in [2.24, 2.45) is 0 Å². The molecule has 5 heteroatoms. The second-order valence-corrected chi connectivity index (χ2v) is 5.31. The molecule has 0 saturated heterocycles. The van der Waals surface area contributed by atoms with Gasteiger partial charge >= 0.3 is 0 Å². The molecule has 0 unspecified atom stereocenters. The normalized spacial score (nSPS) is 10.3. The molecule has 0 fully saturated rings. The Morgan fingerprint density at radius 1 is 1.32 bits per heavy atom. The van der Waals surface area contributed by atoms with Crippen molar-refractivity contribution in [3.8, 4) is 5.75 Å². The molecule has 0 aromatic heterocycles. The van der Waals surface area contributed by atoms with E-state index in [9.17, 15) is 9.90 Å². The van der Waals surface area contributed by atoms with E-state index in [1.165, 1.54) is 6.07 Å². The first-order chi connectivity index (χ1) is 8.99. The standard InChI is InChI=1S/C14H11BrClNO2/c1-8-6-10(15)12(7-11(8)16)17-14(19)9-4-2-3-5-13(9)18/h2-7,18H,1H3,(H,17,19). The smallest absolute Gasteiger partial charge is 0.259 e. The number of aryl methyl sites for hydroxylation is 1. The number of rotatable bonds is 2. The number of halogens is 2. The zero-order valence-electron chi connectivity index (χ0n) is 10.1. The molecule has 0 aliphatic carbocycles. The molecule has 0 bridgehead atoms. The molecule has 3 nitrogen and oxygen atoms in total. The van der Waals surface area contributed by atoms with Crippen LogP contribution in [0.3, 0.4) is 0 Å². The summed E-state index contributed by atoms with van der Waals surface area (Å²) >= 11 is 9.39. The lowest BCUT2D eigenvalue weighted by Gasteiger charge is -2.10. The highest BCUT2D eigenvalue weighted by molar-refractivity contribution is 9.10. The summed E-state index contributed by atoms with van der Waals surface area (Å²) in [5.41, 5.74) is 1.68. The van der Waals surface area contributed by atoms with Gasteiger partial charge in [0.1, 0.15) is 5.75 Å². The zero-order chi connectivity index (χ0) is 14.0. The van der Waals surface area contributed by atoms with Crippen LogP contribution in [0.25, 0.3) is 0 Å². The number of carbonyl (C=O) groups excluding carboxylic acids is 1. The lowest BCUT2D eigenvalue weighted by molar-refractivity contribution is 0.102. The fourth-order valence-electron chi connectivity index (χ4n) is 1.60. The van der Waals surface area contributed by atoms with E-state index in [4.69, 9.17) is 11.6 Å². The average Bonchev–Trinajstić information content (AvgIpc) is 2.36. The maximum absolute atomic E-state index is 12.0. The van der Waals surface area contributed by atoms with E-state index < -0.39 is 5.91 Å². The van der Waals surface area contributed by atoms with Crippen LogP contribution < -0.4 is 5.32 Å². The highest BCUT2D eigenvalue weighted by Gasteiger charge is 2.12. The Balaban J connectivity index is 2.30. The predicted molar refractivity (Wildman–Crippen MR) is 79.9 cm³/mol. The Morgan fingerprint density at radius 3 is 2.68 bits per heavy atom. The predicted octanol–water partition coefficient (Wildman–Crippen LogP) is 4.37. The number of aromatic hydroxyl groups is 1. The molecule has 2 N–H and O–H groups in total. The van der Waals surface area contributed by atoms with E-state index in [1.54, 1.807) is 24.3 Å². The molecule has 0 atom stereocenters. The monoisotopic (exact) mass is 339 g/mol. The van der Waals surface area contributed by atoms with Crippen molar-refractivity contribution in [3.05, 3.63) is 57.0 Å². The number of phenols is 1. The Labute approximate surface area is 124 Å². The Morgan fingerprint density at radius 2 is 2.00 bits per heavy atom. The summed E-state index contributed by atoms with van der Waals surface area (Å²) in [6.45, 7) is 1.88. The van der Waals surface area contributed by atoms with Crippen LogP contribution in [-0.2, 0) is 0 Å². The van der Waals surface area contributed by atoms with Gasteiger partial charge in [-0.15, -0.1) is 0 Å². The highest BCUT2D eigenvalue weighted by atomic mass is 79.9. The fourth-order valence-corrected chi connectivity index (χ4v) is 2.32. The summed E-state index contributed by atoms with van der Waals surface area (Å²) in [5, 5.41) is 12.9. The third-order valence-corrected chi connectivity index (χ3v) is 3.71. The first kappa shape index (κ1) is 13.9. The van der Waals surface area contributed by atoms with Crippen LogP contribution in [0, 0.1) is 6.92 Å². The second kappa shape index (κ2) is 5.63. The first-order valence-electron chi connectivity index (χ1n) is 5.54. The van der Waals surface area contributed by atoms with Crippen LogP contribution in [0.4, 0.5) is 5.69 Å². The van der Waals surface area contributed by atoms with Crippen molar-refractivity contribution in [2.75, 3.05) is 5.32 Å². The molecular formula is C14H11BrClNO2. The number of phenolic OH excluding ortho intramolecular Hbond substituents is 1. The summed E-state index contributed by atoms with van der Waals surface area (Å²) in [6, 6.07) is 9.85. The van der Waals surface area contributed by atoms with Gasteiger partial charge in [-0.3, -0.25) is 4.79 Å². The number of anilines is 1. The lowest BCUT2D eigenvalue weighted by Crippen LogP contribution is -2.12. The van der Waals surface area contributed by atoms with Gasteiger partial charge in [-0.05, 0) is 52.7 Å². The molecule has 2 aromatic rings. The maximum Gasteiger partial charge on any atom is 0.259 e. The van der Waals surface area contributed by atoms with Gasteiger partial charge in [0.2, 0.25) is 0 Å². The minimum atomic E-state index is -0.390. The summed E-state index contributed by atoms with van der Waals surface area (Å²) in [7, 11) is 0. The van der Waals surface area contributed by atoms with Crippen molar-refractivity contribution < 1.29 is 9.90 Å². The van der Waals surface area contributed by atoms with Crippen LogP contribution in [-0.4, -0.2) is 11.0 Å². The van der Waals surface area contributed by atoms with Gasteiger partial charge in [-0.25, -0.2) is 0 Å². The van der Waals surface area contributed by atoms with Crippen molar-refractivity contribution in [1.29, 1.82) is 0 Å². The molecule has 98 valence electrons. The fraction of sp³-hybridized carbons (Fsp3) is 0.0714. The van der Waals surface area contributed by atoms with Gasteiger partial charge in [-0.2, -0.15) is 0 Å². The van der Waals surface area contributed by atoms with Crippen molar-refractivity contribution in [3.63, 3.8) is 0 Å².